The minimum atomic E-state index is -1.19. The second-order valence-electron chi connectivity index (χ2n) is 5.17. The van der Waals surface area contributed by atoms with Crippen molar-refractivity contribution in [3.8, 4) is 11.6 Å². The zero-order valence-electron chi connectivity index (χ0n) is 12.9. The molecule has 0 radical (unpaired) electrons. The van der Waals surface area contributed by atoms with Crippen LogP contribution < -0.4 is 14.8 Å². The Balaban J connectivity index is 1.81. The molecule has 3 rings (SSSR count). The molecule has 8 nitrogen and oxygen atoms in total. The highest BCUT2D eigenvalue weighted by Gasteiger charge is 2.25. The normalized spacial score (nSPS) is 13.5. The van der Waals surface area contributed by atoms with Crippen molar-refractivity contribution in [2.24, 2.45) is 0 Å². The Hall–Kier alpha value is -3.16. The Morgan fingerprint density at radius 1 is 1.29 bits per heavy atom. The van der Waals surface area contributed by atoms with Crippen LogP contribution >= 0.6 is 0 Å². The standard InChI is InChI=1S/C16H15N3O5/c1-23-13-5-3-11(18-19-13)15(20)17-14(16(21)22)10-2-4-12-9(8-10)6-7-24-12/h2-5,8,14H,6-7H2,1H3,(H,17,20)(H,21,22)/t14-/m1/s1. The Kier molecular flexibility index (Phi) is 4.28. The Morgan fingerprint density at radius 3 is 2.79 bits per heavy atom. The summed E-state index contributed by atoms with van der Waals surface area (Å²) < 4.78 is 10.3. The van der Waals surface area contributed by atoms with Gasteiger partial charge in [0.15, 0.2) is 11.7 Å². The molecule has 1 aromatic carbocycles. The summed E-state index contributed by atoms with van der Waals surface area (Å²) >= 11 is 0. The van der Waals surface area contributed by atoms with Gasteiger partial charge in [0, 0.05) is 12.5 Å². The van der Waals surface area contributed by atoms with Crippen LogP contribution in [-0.4, -0.2) is 40.9 Å². The van der Waals surface area contributed by atoms with Gasteiger partial charge in [0.25, 0.3) is 5.91 Å². The maximum Gasteiger partial charge on any atom is 0.330 e. The van der Waals surface area contributed by atoms with Crippen LogP contribution in [0.2, 0.25) is 0 Å². The molecule has 0 fully saturated rings. The number of aromatic nitrogens is 2. The van der Waals surface area contributed by atoms with E-state index in [0.29, 0.717) is 18.6 Å². The van der Waals surface area contributed by atoms with Crippen molar-refractivity contribution in [2.75, 3.05) is 13.7 Å². The van der Waals surface area contributed by atoms with Crippen LogP contribution in [0, 0.1) is 0 Å². The highest BCUT2D eigenvalue weighted by molar-refractivity contribution is 5.95. The van der Waals surface area contributed by atoms with Gasteiger partial charge in [-0.05, 0) is 29.3 Å². The predicted octanol–water partition coefficient (Wildman–Crippen LogP) is 0.976. The zero-order valence-corrected chi connectivity index (χ0v) is 12.9. The maximum absolute atomic E-state index is 12.2. The van der Waals surface area contributed by atoms with E-state index in [-0.39, 0.29) is 11.6 Å². The van der Waals surface area contributed by atoms with E-state index in [9.17, 15) is 14.7 Å². The summed E-state index contributed by atoms with van der Waals surface area (Å²) in [5.74, 6) is -0.784. The molecule has 2 heterocycles. The smallest absolute Gasteiger partial charge is 0.330 e. The van der Waals surface area contributed by atoms with Crippen LogP contribution in [0.4, 0.5) is 0 Å². The van der Waals surface area contributed by atoms with Crippen LogP contribution in [0.5, 0.6) is 11.6 Å². The molecule has 1 aliphatic heterocycles. The van der Waals surface area contributed by atoms with E-state index in [1.54, 1.807) is 18.2 Å². The van der Waals surface area contributed by atoms with Gasteiger partial charge in [-0.3, -0.25) is 4.79 Å². The predicted molar refractivity (Wildman–Crippen MR) is 82.1 cm³/mol. The first-order valence-electron chi connectivity index (χ1n) is 7.25. The fraction of sp³-hybridized carbons (Fsp3) is 0.250. The van der Waals surface area contributed by atoms with Crippen molar-refractivity contribution in [3.63, 3.8) is 0 Å². The van der Waals surface area contributed by atoms with Gasteiger partial charge in [0.1, 0.15) is 5.75 Å². The number of carbonyl (C=O) groups excluding carboxylic acids is 1. The van der Waals surface area contributed by atoms with Crippen molar-refractivity contribution in [1.82, 2.24) is 15.5 Å². The van der Waals surface area contributed by atoms with Gasteiger partial charge in [0.05, 0.1) is 13.7 Å². The SMILES string of the molecule is COc1ccc(C(=O)N[C@@H](C(=O)O)c2ccc3c(c2)CCO3)nn1. The van der Waals surface area contributed by atoms with Crippen LogP contribution in [0.15, 0.2) is 30.3 Å². The third-order valence-corrected chi connectivity index (χ3v) is 3.65. The first kappa shape index (κ1) is 15.7. The molecule has 1 aromatic heterocycles. The van der Waals surface area contributed by atoms with Gasteiger partial charge in [-0.2, -0.15) is 0 Å². The summed E-state index contributed by atoms with van der Waals surface area (Å²) in [6.45, 7) is 0.574. The van der Waals surface area contributed by atoms with Gasteiger partial charge in [0.2, 0.25) is 5.88 Å². The summed E-state index contributed by atoms with van der Waals surface area (Å²) in [5, 5.41) is 19.3. The highest BCUT2D eigenvalue weighted by atomic mass is 16.5. The molecule has 1 amide bonds. The van der Waals surface area contributed by atoms with Gasteiger partial charge in [-0.15, -0.1) is 10.2 Å². The minimum Gasteiger partial charge on any atom is -0.493 e. The van der Waals surface area contributed by atoms with Crippen molar-refractivity contribution in [1.29, 1.82) is 0 Å². The number of ether oxygens (including phenoxy) is 2. The summed E-state index contributed by atoms with van der Waals surface area (Å²) in [4.78, 5) is 23.8. The molecular formula is C16H15N3O5. The molecule has 2 N–H and O–H groups in total. The molecule has 8 heteroatoms. The lowest BCUT2D eigenvalue weighted by atomic mass is 10.0. The minimum absolute atomic E-state index is 0.00606. The number of nitrogens with one attached hydrogen (secondary N) is 1. The number of nitrogens with zero attached hydrogens (tertiary/aromatic N) is 2. The average Bonchev–Trinajstić information content (AvgIpc) is 3.06. The van der Waals surface area contributed by atoms with Crippen LogP contribution in [0.3, 0.4) is 0 Å². The molecule has 24 heavy (non-hydrogen) atoms. The maximum atomic E-state index is 12.2. The van der Waals surface area contributed by atoms with E-state index in [2.05, 4.69) is 15.5 Å². The number of aliphatic carboxylic acids is 1. The average molecular weight is 329 g/mol. The number of rotatable bonds is 5. The van der Waals surface area contributed by atoms with Crippen molar-refractivity contribution < 1.29 is 24.2 Å². The first-order valence-corrected chi connectivity index (χ1v) is 7.25. The molecule has 0 aliphatic carbocycles. The second kappa shape index (κ2) is 6.53. The molecular weight excluding hydrogens is 314 g/mol. The fourth-order valence-electron chi connectivity index (χ4n) is 2.43. The molecule has 1 aliphatic rings. The Bertz CT molecular complexity index is 776. The zero-order chi connectivity index (χ0) is 17.1. The van der Waals surface area contributed by atoms with Crippen molar-refractivity contribution >= 4 is 11.9 Å². The molecule has 2 aromatic rings. The first-order chi connectivity index (χ1) is 11.6. The Labute approximate surface area is 137 Å². The summed E-state index contributed by atoms with van der Waals surface area (Å²) in [6, 6.07) is 6.78. The number of fused-ring (bicyclic) bond motifs is 1. The number of carboxylic acids is 1. The topological polar surface area (TPSA) is 111 Å². The number of hydrogen-bond acceptors (Lipinski definition) is 6. The van der Waals surface area contributed by atoms with Crippen molar-refractivity contribution in [3.05, 3.63) is 47.2 Å². The fourth-order valence-corrected chi connectivity index (χ4v) is 2.43. The third kappa shape index (κ3) is 3.12. The molecule has 124 valence electrons. The van der Waals surface area contributed by atoms with E-state index in [1.165, 1.54) is 19.2 Å². The number of carboxylic acid groups (broad SMARTS) is 1. The molecule has 0 saturated heterocycles. The van der Waals surface area contributed by atoms with E-state index in [0.717, 1.165) is 11.3 Å². The third-order valence-electron chi connectivity index (χ3n) is 3.65. The molecule has 0 unspecified atom stereocenters. The number of hydrogen-bond donors (Lipinski definition) is 2. The van der Waals surface area contributed by atoms with E-state index in [1.807, 2.05) is 0 Å². The number of methoxy groups -OCH3 is 1. The van der Waals surface area contributed by atoms with E-state index >= 15 is 0 Å². The molecule has 0 spiro atoms. The lowest BCUT2D eigenvalue weighted by Gasteiger charge is -2.15. The molecule has 0 bridgehead atoms. The van der Waals surface area contributed by atoms with Gasteiger partial charge < -0.3 is 19.9 Å². The van der Waals surface area contributed by atoms with Crippen LogP contribution in [0.25, 0.3) is 0 Å². The number of amides is 1. The van der Waals surface area contributed by atoms with E-state index < -0.39 is 17.9 Å². The quantitative estimate of drug-likeness (QED) is 0.841. The van der Waals surface area contributed by atoms with Crippen LogP contribution in [0.1, 0.15) is 27.7 Å². The number of benzene rings is 1. The Morgan fingerprint density at radius 2 is 2.12 bits per heavy atom. The summed E-state index contributed by atoms with van der Waals surface area (Å²) in [5.41, 5.74) is 1.41. The monoisotopic (exact) mass is 329 g/mol. The van der Waals surface area contributed by atoms with E-state index in [4.69, 9.17) is 9.47 Å². The van der Waals surface area contributed by atoms with Gasteiger partial charge in [-0.1, -0.05) is 6.07 Å². The molecule has 0 saturated carbocycles. The summed E-state index contributed by atoms with van der Waals surface area (Å²) in [6.07, 6.45) is 0.716. The lowest BCUT2D eigenvalue weighted by Crippen LogP contribution is -2.34. The largest absolute Gasteiger partial charge is 0.493 e. The van der Waals surface area contributed by atoms with Crippen LogP contribution in [-0.2, 0) is 11.2 Å². The molecule has 1 atom stereocenters. The lowest BCUT2D eigenvalue weighted by molar-refractivity contribution is -0.139. The number of carbonyl (C=O) groups is 2. The van der Waals surface area contributed by atoms with Gasteiger partial charge >= 0.3 is 5.97 Å². The highest BCUT2D eigenvalue weighted by Crippen LogP contribution is 2.28. The summed E-state index contributed by atoms with van der Waals surface area (Å²) in [7, 11) is 1.43. The van der Waals surface area contributed by atoms with Crippen molar-refractivity contribution in [2.45, 2.75) is 12.5 Å². The second-order valence-corrected chi connectivity index (χ2v) is 5.17. The van der Waals surface area contributed by atoms with Gasteiger partial charge in [-0.25, -0.2) is 4.79 Å².